The summed E-state index contributed by atoms with van der Waals surface area (Å²) in [5.41, 5.74) is 2.81. The molecule has 0 nitrogen and oxygen atoms in total. The van der Waals surface area contributed by atoms with Crippen molar-refractivity contribution in [2.24, 2.45) is 5.92 Å². The van der Waals surface area contributed by atoms with Crippen LogP contribution in [0.15, 0.2) is 36.9 Å². The van der Waals surface area contributed by atoms with Gasteiger partial charge in [-0.1, -0.05) is 56.7 Å². The molecule has 96 valence electrons. The van der Waals surface area contributed by atoms with E-state index in [-0.39, 0.29) is 7.43 Å². The molecule has 0 radical (unpaired) electrons. The molecule has 0 amide bonds. The van der Waals surface area contributed by atoms with Crippen molar-refractivity contribution in [2.75, 3.05) is 0 Å². The van der Waals surface area contributed by atoms with Crippen LogP contribution in [0.2, 0.25) is 0 Å². The number of aryl methyl sites for hydroxylation is 2. The predicted molar refractivity (Wildman–Crippen MR) is 79.4 cm³/mol. The van der Waals surface area contributed by atoms with E-state index < -0.39 is 0 Å². The van der Waals surface area contributed by atoms with Gasteiger partial charge in [-0.15, -0.1) is 6.58 Å². The summed E-state index contributed by atoms with van der Waals surface area (Å²) in [5.74, 6) is 0.718. The van der Waals surface area contributed by atoms with Crippen molar-refractivity contribution in [3.8, 4) is 0 Å². The van der Waals surface area contributed by atoms with E-state index in [2.05, 4.69) is 50.8 Å². The molecule has 1 atom stereocenters. The predicted octanol–water partition coefficient (Wildman–Crippen LogP) is 5.56. The van der Waals surface area contributed by atoms with Crippen LogP contribution in [0.3, 0.4) is 0 Å². The first-order valence-corrected chi connectivity index (χ1v) is 6.44. The summed E-state index contributed by atoms with van der Waals surface area (Å²) in [6.07, 6.45) is 8.44. The standard InChI is InChI=1S/C16H24.CH4/c1-4-7-15(5-2)8-6-9-16-12-10-14(3)11-13-16;/h5,10-13,15H,2,4,6-9H2,1,3H3;1H4. The minimum atomic E-state index is 0. The van der Waals surface area contributed by atoms with Gasteiger partial charge in [0.15, 0.2) is 0 Å². The highest BCUT2D eigenvalue weighted by molar-refractivity contribution is 5.21. The summed E-state index contributed by atoms with van der Waals surface area (Å²) >= 11 is 0. The molecule has 1 aromatic carbocycles. The average Bonchev–Trinajstić information content (AvgIpc) is 2.30. The molecule has 0 saturated carbocycles. The number of benzene rings is 1. The maximum atomic E-state index is 3.92. The summed E-state index contributed by atoms with van der Waals surface area (Å²) < 4.78 is 0. The molecular weight excluding hydrogens is 204 g/mol. The largest absolute Gasteiger partial charge is 0.103 e. The van der Waals surface area contributed by atoms with E-state index in [1.807, 2.05) is 0 Å². The van der Waals surface area contributed by atoms with Crippen LogP contribution >= 0.6 is 0 Å². The van der Waals surface area contributed by atoms with E-state index >= 15 is 0 Å². The molecule has 0 heteroatoms. The van der Waals surface area contributed by atoms with Gasteiger partial charge in [-0.2, -0.15) is 0 Å². The van der Waals surface area contributed by atoms with Crippen molar-refractivity contribution in [1.29, 1.82) is 0 Å². The summed E-state index contributed by atoms with van der Waals surface area (Å²) in [4.78, 5) is 0. The molecule has 0 fully saturated rings. The first-order chi connectivity index (χ1) is 7.76. The van der Waals surface area contributed by atoms with Gasteiger partial charge in [0.2, 0.25) is 0 Å². The van der Waals surface area contributed by atoms with Crippen LogP contribution in [-0.2, 0) is 6.42 Å². The second-order valence-corrected chi connectivity index (χ2v) is 4.66. The molecule has 0 aromatic heterocycles. The van der Waals surface area contributed by atoms with E-state index in [1.165, 1.54) is 43.2 Å². The van der Waals surface area contributed by atoms with Gasteiger partial charge >= 0.3 is 0 Å². The maximum Gasteiger partial charge on any atom is -0.0236 e. The monoisotopic (exact) mass is 232 g/mol. The van der Waals surface area contributed by atoms with Crippen LogP contribution in [-0.4, -0.2) is 0 Å². The lowest BCUT2D eigenvalue weighted by atomic mass is 9.95. The number of hydrogen-bond donors (Lipinski definition) is 0. The third-order valence-corrected chi connectivity index (χ3v) is 3.15. The highest BCUT2D eigenvalue weighted by atomic mass is 14.1. The number of rotatable bonds is 7. The summed E-state index contributed by atoms with van der Waals surface area (Å²) in [5, 5.41) is 0. The van der Waals surface area contributed by atoms with Crippen molar-refractivity contribution >= 4 is 0 Å². The Labute approximate surface area is 108 Å². The smallest absolute Gasteiger partial charge is 0.0236 e. The van der Waals surface area contributed by atoms with Gasteiger partial charge in [0.1, 0.15) is 0 Å². The zero-order valence-corrected chi connectivity index (χ0v) is 10.7. The van der Waals surface area contributed by atoms with Gasteiger partial charge in [-0.05, 0) is 44.1 Å². The highest BCUT2D eigenvalue weighted by Gasteiger charge is 2.02. The molecule has 0 aliphatic rings. The molecule has 1 rings (SSSR count). The molecule has 1 unspecified atom stereocenters. The van der Waals surface area contributed by atoms with Crippen molar-refractivity contribution in [3.05, 3.63) is 48.0 Å². The lowest BCUT2D eigenvalue weighted by molar-refractivity contribution is 0.517. The van der Waals surface area contributed by atoms with Crippen LogP contribution in [0.4, 0.5) is 0 Å². The first-order valence-electron chi connectivity index (χ1n) is 6.44. The normalized spacial score (nSPS) is 11.6. The zero-order valence-electron chi connectivity index (χ0n) is 10.7. The highest BCUT2D eigenvalue weighted by Crippen LogP contribution is 2.16. The van der Waals surface area contributed by atoms with Crippen molar-refractivity contribution < 1.29 is 0 Å². The van der Waals surface area contributed by atoms with Gasteiger partial charge in [-0.3, -0.25) is 0 Å². The van der Waals surface area contributed by atoms with Crippen molar-refractivity contribution in [2.45, 2.75) is 53.4 Å². The van der Waals surface area contributed by atoms with E-state index in [0.717, 1.165) is 5.92 Å². The fourth-order valence-corrected chi connectivity index (χ4v) is 2.07. The fraction of sp³-hybridized carbons (Fsp3) is 0.529. The summed E-state index contributed by atoms with van der Waals surface area (Å²) in [6.45, 7) is 8.30. The zero-order chi connectivity index (χ0) is 11.8. The Bertz CT molecular complexity index is 294. The molecule has 0 spiro atoms. The Kier molecular flexibility index (Phi) is 8.49. The molecule has 0 N–H and O–H groups in total. The Balaban J connectivity index is 0.00000256. The quantitative estimate of drug-likeness (QED) is 0.540. The molecule has 0 bridgehead atoms. The van der Waals surface area contributed by atoms with Gasteiger partial charge in [0, 0.05) is 0 Å². The van der Waals surface area contributed by atoms with Gasteiger partial charge in [-0.25, -0.2) is 0 Å². The van der Waals surface area contributed by atoms with Crippen LogP contribution in [0.25, 0.3) is 0 Å². The van der Waals surface area contributed by atoms with Gasteiger partial charge in [0.05, 0.1) is 0 Å². The van der Waals surface area contributed by atoms with E-state index in [9.17, 15) is 0 Å². The number of hydrogen-bond acceptors (Lipinski definition) is 0. The first kappa shape index (κ1) is 16.0. The lowest BCUT2D eigenvalue weighted by Crippen LogP contribution is -1.97. The Hall–Kier alpha value is -1.04. The Morgan fingerprint density at radius 1 is 1.18 bits per heavy atom. The topological polar surface area (TPSA) is 0 Å². The molecule has 0 aliphatic carbocycles. The molecule has 1 aromatic rings. The van der Waals surface area contributed by atoms with Crippen molar-refractivity contribution in [3.63, 3.8) is 0 Å². The Morgan fingerprint density at radius 3 is 2.35 bits per heavy atom. The molecule has 17 heavy (non-hydrogen) atoms. The summed E-state index contributed by atoms with van der Waals surface area (Å²) in [7, 11) is 0. The summed E-state index contributed by atoms with van der Waals surface area (Å²) in [6, 6.07) is 8.90. The third-order valence-electron chi connectivity index (χ3n) is 3.15. The fourth-order valence-electron chi connectivity index (χ4n) is 2.07. The minimum Gasteiger partial charge on any atom is -0.103 e. The minimum absolute atomic E-state index is 0. The van der Waals surface area contributed by atoms with Crippen LogP contribution in [0, 0.1) is 12.8 Å². The van der Waals surface area contributed by atoms with Gasteiger partial charge in [0.25, 0.3) is 0 Å². The van der Waals surface area contributed by atoms with E-state index in [1.54, 1.807) is 0 Å². The van der Waals surface area contributed by atoms with Crippen LogP contribution in [0.1, 0.15) is 51.2 Å². The third kappa shape index (κ3) is 6.31. The van der Waals surface area contributed by atoms with Crippen molar-refractivity contribution in [1.82, 2.24) is 0 Å². The maximum absolute atomic E-state index is 3.92. The molecule has 0 saturated heterocycles. The second kappa shape index (κ2) is 9.04. The lowest BCUT2D eigenvalue weighted by Gasteiger charge is -2.10. The SMILES string of the molecule is C.C=CC(CCC)CCCc1ccc(C)cc1. The average molecular weight is 232 g/mol. The number of allylic oxidation sites excluding steroid dienone is 1. The van der Waals surface area contributed by atoms with Gasteiger partial charge < -0.3 is 0 Å². The molecular formula is C17H28. The van der Waals surface area contributed by atoms with E-state index in [0.29, 0.717) is 0 Å². The van der Waals surface area contributed by atoms with Crippen LogP contribution in [0.5, 0.6) is 0 Å². The molecule has 0 aliphatic heterocycles. The molecule has 0 heterocycles. The second-order valence-electron chi connectivity index (χ2n) is 4.66. The van der Waals surface area contributed by atoms with Crippen LogP contribution < -0.4 is 0 Å². The van der Waals surface area contributed by atoms with E-state index in [4.69, 9.17) is 0 Å². The Morgan fingerprint density at radius 2 is 1.82 bits per heavy atom.